The normalized spacial score (nSPS) is 23.7. The van der Waals surface area contributed by atoms with Crippen molar-refractivity contribution in [3.63, 3.8) is 0 Å². The van der Waals surface area contributed by atoms with Crippen molar-refractivity contribution in [1.29, 1.82) is 0 Å². The van der Waals surface area contributed by atoms with Gasteiger partial charge in [0.1, 0.15) is 4.21 Å². The molecule has 3 rings (SSSR count). The van der Waals surface area contributed by atoms with Crippen LogP contribution < -0.4 is 0 Å². The summed E-state index contributed by atoms with van der Waals surface area (Å²) in [5.74, 6) is 0. The van der Waals surface area contributed by atoms with Gasteiger partial charge >= 0.3 is 0 Å². The van der Waals surface area contributed by atoms with Crippen molar-refractivity contribution >= 4 is 21.4 Å². The first kappa shape index (κ1) is 14.7. The van der Waals surface area contributed by atoms with E-state index in [-0.39, 0.29) is 0 Å². The third kappa shape index (κ3) is 2.76. The smallest absolute Gasteiger partial charge is 0.252 e. The first-order chi connectivity index (χ1) is 9.98. The molecule has 0 aromatic carbocycles. The monoisotopic (exact) mass is 327 g/mol. The number of hydrogen-bond donors (Lipinski definition) is 1. The van der Waals surface area contributed by atoms with E-state index in [1.54, 1.807) is 28.4 Å². The Morgan fingerprint density at radius 2 is 2.33 bits per heavy atom. The predicted octanol–water partition coefficient (Wildman–Crippen LogP) is 0.848. The SMILES string of the molecule is Cn1cc(C[C@@H]2[C@H](O)CCN2S(=O)(=O)c2cccs2)cn1. The number of aliphatic hydroxyl groups is 1. The summed E-state index contributed by atoms with van der Waals surface area (Å²) in [6.45, 7) is 0.354. The molecule has 1 N–H and O–H groups in total. The maximum atomic E-state index is 12.7. The zero-order chi connectivity index (χ0) is 15.0. The van der Waals surface area contributed by atoms with E-state index in [9.17, 15) is 13.5 Å². The number of aliphatic hydroxyl groups excluding tert-OH is 1. The molecule has 0 amide bonds. The summed E-state index contributed by atoms with van der Waals surface area (Å²) < 4.78 is 28.7. The van der Waals surface area contributed by atoms with Gasteiger partial charge in [0.15, 0.2) is 0 Å². The average molecular weight is 327 g/mol. The highest BCUT2D eigenvalue weighted by Gasteiger charge is 2.41. The number of hydrogen-bond acceptors (Lipinski definition) is 5. The summed E-state index contributed by atoms with van der Waals surface area (Å²) in [5.41, 5.74) is 0.926. The molecule has 21 heavy (non-hydrogen) atoms. The van der Waals surface area contributed by atoms with Gasteiger partial charge in [0.05, 0.1) is 18.3 Å². The van der Waals surface area contributed by atoms with Gasteiger partial charge < -0.3 is 5.11 Å². The van der Waals surface area contributed by atoms with Crippen molar-refractivity contribution < 1.29 is 13.5 Å². The second-order valence-corrected chi connectivity index (χ2v) is 8.26. The molecule has 0 unspecified atom stereocenters. The average Bonchev–Trinajstić information content (AvgIpc) is 3.13. The van der Waals surface area contributed by atoms with Gasteiger partial charge in [-0.25, -0.2) is 8.42 Å². The van der Waals surface area contributed by atoms with Gasteiger partial charge in [0, 0.05) is 19.8 Å². The van der Waals surface area contributed by atoms with Crippen molar-refractivity contribution in [2.24, 2.45) is 7.05 Å². The van der Waals surface area contributed by atoms with Crippen LogP contribution in [0, 0.1) is 0 Å². The van der Waals surface area contributed by atoms with E-state index >= 15 is 0 Å². The molecule has 8 heteroatoms. The Balaban J connectivity index is 1.87. The van der Waals surface area contributed by atoms with Gasteiger partial charge in [-0.3, -0.25) is 4.68 Å². The molecule has 2 atom stereocenters. The Labute approximate surface area is 127 Å². The van der Waals surface area contributed by atoms with Gasteiger partial charge in [-0.05, 0) is 29.9 Å². The molecule has 0 spiro atoms. The molecule has 1 fully saturated rings. The highest BCUT2D eigenvalue weighted by molar-refractivity contribution is 7.91. The van der Waals surface area contributed by atoms with Gasteiger partial charge in [0.25, 0.3) is 10.0 Å². The van der Waals surface area contributed by atoms with Crippen LogP contribution in [0.2, 0.25) is 0 Å². The van der Waals surface area contributed by atoms with Crippen LogP contribution in [0.1, 0.15) is 12.0 Å². The van der Waals surface area contributed by atoms with E-state index in [1.807, 2.05) is 13.2 Å². The number of rotatable bonds is 4. The molecule has 1 saturated heterocycles. The predicted molar refractivity (Wildman–Crippen MR) is 79.5 cm³/mol. The zero-order valence-corrected chi connectivity index (χ0v) is 13.2. The highest BCUT2D eigenvalue weighted by atomic mass is 32.2. The van der Waals surface area contributed by atoms with E-state index in [1.165, 1.54) is 15.6 Å². The van der Waals surface area contributed by atoms with E-state index < -0.39 is 22.2 Å². The summed E-state index contributed by atoms with van der Waals surface area (Å²) >= 11 is 1.20. The molecule has 0 aliphatic carbocycles. The number of aryl methyl sites for hydroxylation is 1. The Kier molecular flexibility index (Phi) is 3.87. The molecule has 6 nitrogen and oxygen atoms in total. The van der Waals surface area contributed by atoms with Crippen molar-refractivity contribution in [2.45, 2.75) is 29.2 Å². The fourth-order valence-electron chi connectivity index (χ4n) is 2.69. The van der Waals surface area contributed by atoms with Crippen LogP contribution in [0.4, 0.5) is 0 Å². The Bertz CT molecular complexity index is 709. The molecular weight excluding hydrogens is 310 g/mol. The maximum absolute atomic E-state index is 12.7. The number of aromatic nitrogens is 2. The number of nitrogens with zero attached hydrogens (tertiary/aromatic N) is 3. The van der Waals surface area contributed by atoms with E-state index in [2.05, 4.69) is 5.10 Å². The number of thiophene rings is 1. The third-order valence-corrected chi connectivity index (χ3v) is 7.02. The second-order valence-electron chi connectivity index (χ2n) is 5.20. The Morgan fingerprint density at radius 3 is 2.95 bits per heavy atom. The lowest BCUT2D eigenvalue weighted by Gasteiger charge is -2.24. The first-order valence-electron chi connectivity index (χ1n) is 6.69. The van der Waals surface area contributed by atoms with Gasteiger partial charge in [-0.1, -0.05) is 6.07 Å². The third-order valence-electron chi connectivity index (χ3n) is 3.72. The van der Waals surface area contributed by atoms with Crippen molar-refractivity contribution in [3.05, 3.63) is 35.5 Å². The van der Waals surface area contributed by atoms with Crippen LogP contribution >= 0.6 is 11.3 Å². The quantitative estimate of drug-likeness (QED) is 0.903. The van der Waals surface area contributed by atoms with E-state index in [4.69, 9.17) is 0 Å². The molecule has 2 aromatic rings. The molecule has 2 aromatic heterocycles. The molecule has 0 bridgehead atoms. The van der Waals surface area contributed by atoms with Gasteiger partial charge in [-0.2, -0.15) is 9.40 Å². The Hall–Kier alpha value is -1.22. The number of sulfonamides is 1. The molecular formula is C13H17N3O3S2. The fourth-order valence-corrected chi connectivity index (χ4v) is 5.48. The minimum Gasteiger partial charge on any atom is -0.391 e. The van der Waals surface area contributed by atoms with Crippen LogP contribution in [0.25, 0.3) is 0 Å². The van der Waals surface area contributed by atoms with E-state index in [0.29, 0.717) is 23.6 Å². The van der Waals surface area contributed by atoms with Crippen molar-refractivity contribution in [2.75, 3.05) is 6.54 Å². The van der Waals surface area contributed by atoms with Gasteiger partial charge in [-0.15, -0.1) is 11.3 Å². The highest BCUT2D eigenvalue weighted by Crippen LogP contribution is 2.30. The maximum Gasteiger partial charge on any atom is 0.252 e. The van der Waals surface area contributed by atoms with Gasteiger partial charge in [0.2, 0.25) is 0 Å². The fraction of sp³-hybridized carbons (Fsp3) is 0.462. The van der Waals surface area contributed by atoms with Crippen LogP contribution in [-0.2, 0) is 23.5 Å². The largest absolute Gasteiger partial charge is 0.391 e. The molecule has 0 radical (unpaired) electrons. The lowest BCUT2D eigenvalue weighted by molar-refractivity contribution is 0.142. The lowest BCUT2D eigenvalue weighted by Crippen LogP contribution is -2.40. The molecule has 0 saturated carbocycles. The van der Waals surface area contributed by atoms with Crippen LogP contribution in [0.15, 0.2) is 34.1 Å². The van der Waals surface area contributed by atoms with Crippen LogP contribution in [0.3, 0.4) is 0 Å². The summed E-state index contributed by atoms with van der Waals surface area (Å²) in [6, 6.07) is 2.90. The lowest BCUT2D eigenvalue weighted by atomic mass is 10.1. The summed E-state index contributed by atoms with van der Waals surface area (Å²) in [4.78, 5) is 0. The van der Waals surface area contributed by atoms with Crippen molar-refractivity contribution in [3.8, 4) is 0 Å². The molecule has 114 valence electrons. The van der Waals surface area contributed by atoms with Crippen LogP contribution in [-0.4, -0.2) is 46.3 Å². The minimum absolute atomic E-state index is 0.327. The summed E-state index contributed by atoms with van der Waals surface area (Å²) in [7, 11) is -1.71. The standard InChI is InChI=1S/C13H17N3O3S2/c1-15-9-10(8-14-15)7-11-12(17)4-5-16(11)21(18,19)13-3-2-6-20-13/h2-3,6,8-9,11-12,17H,4-5,7H2,1H3/t11-,12-/m1/s1. The zero-order valence-electron chi connectivity index (χ0n) is 11.6. The minimum atomic E-state index is -3.53. The van der Waals surface area contributed by atoms with Crippen LogP contribution in [0.5, 0.6) is 0 Å². The topological polar surface area (TPSA) is 75.4 Å². The summed E-state index contributed by atoms with van der Waals surface area (Å²) in [6.07, 6.45) is 3.86. The van der Waals surface area contributed by atoms with Crippen molar-refractivity contribution in [1.82, 2.24) is 14.1 Å². The molecule has 3 heterocycles. The summed E-state index contributed by atoms with van der Waals surface area (Å²) in [5, 5.41) is 16.0. The second kappa shape index (κ2) is 5.53. The Morgan fingerprint density at radius 1 is 1.52 bits per heavy atom. The molecule has 1 aliphatic rings. The first-order valence-corrected chi connectivity index (χ1v) is 9.01. The van der Waals surface area contributed by atoms with E-state index in [0.717, 1.165) is 5.56 Å². The molecule has 1 aliphatic heterocycles.